The minimum Gasteiger partial charge on any atom is -0.434 e. The molecule has 0 aromatic rings. The van der Waals surface area contributed by atoms with Gasteiger partial charge in [-0.25, -0.2) is 4.79 Å². The van der Waals surface area contributed by atoms with Crippen molar-refractivity contribution in [3.8, 4) is 0 Å². The molecule has 13 heavy (non-hydrogen) atoms. The minimum absolute atomic E-state index is 0.113. The van der Waals surface area contributed by atoms with Crippen molar-refractivity contribution in [1.82, 2.24) is 0 Å². The molecule has 0 radical (unpaired) electrons. The van der Waals surface area contributed by atoms with Gasteiger partial charge in [0.25, 0.3) is 0 Å². The molecule has 0 aliphatic rings. The second-order valence-electron chi connectivity index (χ2n) is 2.60. The van der Waals surface area contributed by atoms with Gasteiger partial charge in [0.05, 0.1) is 11.4 Å². The van der Waals surface area contributed by atoms with Crippen molar-refractivity contribution in [3.05, 3.63) is 0 Å². The third-order valence-electron chi connectivity index (χ3n) is 1.28. The number of carbonyl (C=O) groups excluding carboxylic acids is 1. The van der Waals surface area contributed by atoms with E-state index in [2.05, 4.69) is 31.9 Å². The fraction of sp³-hybridized carbons (Fsp3) is 0.875. The van der Waals surface area contributed by atoms with E-state index in [1.165, 1.54) is 0 Å². The molecule has 78 valence electrons. The van der Waals surface area contributed by atoms with Crippen LogP contribution in [-0.2, 0) is 9.47 Å². The summed E-state index contributed by atoms with van der Waals surface area (Å²) < 4.78 is 9.55. The van der Waals surface area contributed by atoms with E-state index in [0.29, 0.717) is 13.2 Å². The molecule has 0 fully saturated rings. The van der Waals surface area contributed by atoms with E-state index < -0.39 is 6.16 Å². The number of rotatable bonds is 5. The molecule has 2 atom stereocenters. The predicted molar refractivity (Wildman–Crippen MR) is 58.7 cm³/mol. The topological polar surface area (TPSA) is 35.5 Å². The Kier molecular flexibility index (Phi) is 7.75. The maximum absolute atomic E-state index is 10.8. The van der Waals surface area contributed by atoms with Crippen LogP contribution in [-0.4, -0.2) is 29.0 Å². The molecule has 0 N–H and O–H groups in total. The van der Waals surface area contributed by atoms with Crippen LogP contribution in [0.3, 0.4) is 0 Å². The molecule has 0 spiro atoms. The average molecular weight is 318 g/mol. The lowest BCUT2D eigenvalue weighted by Gasteiger charge is -2.12. The summed E-state index contributed by atoms with van der Waals surface area (Å²) in [4.78, 5) is 11.2. The van der Waals surface area contributed by atoms with E-state index in [-0.39, 0.29) is 9.65 Å². The summed E-state index contributed by atoms with van der Waals surface area (Å²) >= 11 is 6.72. The molecule has 0 rings (SSSR count). The van der Waals surface area contributed by atoms with Crippen LogP contribution in [0.4, 0.5) is 4.79 Å². The van der Waals surface area contributed by atoms with Crippen LogP contribution in [0.2, 0.25) is 0 Å². The normalized spacial score (nSPS) is 14.8. The quantitative estimate of drug-likeness (QED) is 0.577. The third kappa shape index (κ3) is 7.31. The zero-order valence-corrected chi connectivity index (χ0v) is 10.9. The van der Waals surface area contributed by atoms with Crippen LogP contribution in [0.15, 0.2) is 0 Å². The van der Waals surface area contributed by atoms with Gasteiger partial charge in [0.15, 0.2) is 0 Å². The Morgan fingerprint density at radius 3 is 2.46 bits per heavy atom. The Bertz CT molecular complexity index is 150. The lowest BCUT2D eigenvalue weighted by molar-refractivity contribution is 0.0561. The van der Waals surface area contributed by atoms with Gasteiger partial charge < -0.3 is 9.47 Å². The highest BCUT2D eigenvalue weighted by Crippen LogP contribution is 2.13. The molecular formula is C8H14Br2O3. The summed E-state index contributed by atoms with van der Waals surface area (Å²) in [5, 5.41) is 0. The summed E-state index contributed by atoms with van der Waals surface area (Å²) in [5.74, 6) is 0. The maximum Gasteiger partial charge on any atom is 0.508 e. The molecule has 0 bridgehead atoms. The minimum atomic E-state index is -0.598. The van der Waals surface area contributed by atoms with Crippen LogP contribution >= 0.6 is 31.9 Å². The highest BCUT2D eigenvalue weighted by molar-refractivity contribution is 9.12. The Hall–Kier alpha value is 0.230. The van der Waals surface area contributed by atoms with Crippen LogP contribution in [0, 0.1) is 0 Å². The largest absolute Gasteiger partial charge is 0.508 e. The van der Waals surface area contributed by atoms with Gasteiger partial charge in [-0.1, -0.05) is 45.7 Å². The first kappa shape index (κ1) is 13.2. The first-order chi connectivity index (χ1) is 6.07. The van der Waals surface area contributed by atoms with E-state index in [0.717, 1.165) is 6.42 Å². The van der Waals surface area contributed by atoms with E-state index in [4.69, 9.17) is 9.47 Å². The lowest BCUT2D eigenvalue weighted by atomic mass is 10.4. The molecular weight excluding hydrogens is 304 g/mol. The molecule has 0 amide bonds. The van der Waals surface area contributed by atoms with Gasteiger partial charge in [-0.2, -0.15) is 0 Å². The molecule has 2 unspecified atom stereocenters. The fourth-order valence-electron chi connectivity index (χ4n) is 0.507. The van der Waals surface area contributed by atoms with E-state index >= 15 is 0 Å². The molecule has 3 nitrogen and oxygen atoms in total. The summed E-state index contributed by atoms with van der Waals surface area (Å²) in [6.07, 6.45) is 0.209. The van der Waals surface area contributed by atoms with Crippen molar-refractivity contribution >= 4 is 38.0 Å². The third-order valence-corrected chi connectivity index (χ3v) is 3.69. The number of ether oxygens (including phenoxy) is 2. The van der Waals surface area contributed by atoms with Gasteiger partial charge in [-0.3, -0.25) is 0 Å². The van der Waals surface area contributed by atoms with Crippen LogP contribution in [0.5, 0.6) is 0 Å². The van der Waals surface area contributed by atoms with Crippen molar-refractivity contribution in [2.45, 2.75) is 29.9 Å². The molecule has 0 aliphatic heterocycles. The standard InChI is InChI=1S/C8H14Br2O3/c1-3-4-12-8(11)13-5-7(10)6(2)9/h6-7H,3-5H2,1-2H3. The van der Waals surface area contributed by atoms with Crippen molar-refractivity contribution in [2.75, 3.05) is 13.2 Å². The summed E-state index contributed by atoms with van der Waals surface area (Å²) in [7, 11) is 0. The first-order valence-corrected chi connectivity index (χ1v) is 5.98. The molecule has 5 heteroatoms. The number of halogens is 2. The number of hydrogen-bond donors (Lipinski definition) is 0. The average Bonchev–Trinajstić information content (AvgIpc) is 2.10. The van der Waals surface area contributed by atoms with Crippen LogP contribution < -0.4 is 0 Å². The molecule has 0 aromatic carbocycles. The van der Waals surface area contributed by atoms with Crippen molar-refractivity contribution < 1.29 is 14.3 Å². The van der Waals surface area contributed by atoms with Gasteiger partial charge in [0.2, 0.25) is 0 Å². The van der Waals surface area contributed by atoms with Crippen molar-refractivity contribution in [2.24, 2.45) is 0 Å². The number of hydrogen-bond acceptors (Lipinski definition) is 3. The highest BCUT2D eigenvalue weighted by Gasteiger charge is 2.13. The molecule has 0 aliphatic carbocycles. The molecule has 0 aromatic heterocycles. The van der Waals surface area contributed by atoms with E-state index in [1.807, 2.05) is 13.8 Å². The summed E-state index contributed by atoms with van der Waals surface area (Å²) in [6.45, 7) is 4.63. The lowest BCUT2D eigenvalue weighted by Crippen LogP contribution is -2.20. The SMILES string of the molecule is CCCOC(=O)OCC(Br)C(C)Br. The first-order valence-electron chi connectivity index (χ1n) is 4.15. The zero-order valence-electron chi connectivity index (χ0n) is 7.76. The second-order valence-corrected chi connectivity index (χ2v) is 5.22. The van der Waals surface area contributed by atoms with Gasteiger partial charge in [0.1, 0.15) is 6.61 Å². The number of carbonyl (C=O) groups is 1. The van der Waals surface area contributed by atoms with Gasteiger partial charge >= 0.3 is 6.16 Å². The van der Waals surface area contributed by atoms with Crippen LogP contribution in [0.25, 0.3) is 0 Å². The van der Waals surface area contributed by atoms with Crippen LogP contribution in [0.1, 0.15) is 20.3 Å². The van der Waals surface area contributed by atoms with E-state index in [1.54, 1.807) is 0 Å². The molecule has 0 saturated carbocycles. The smallest absolute Gasteiger partial charge is 0.434 e. The zero-order chi connectivity index (χ0) is 10.3. The van der Waals surface area contributed by atoms with Crippen molar-refractivity contribution in [3.63, 3.8) is 0 Å². The monoisotopic (exact) mass is 316 g/mol. The highest BCUT2D eigenvalue weighted by atomic mass is 79.9. The Morgan fingerprint density at radius 2 is 2.00 bits per heavy atom. The molecule has 0 saturated heterocycles. The van der Waals surface area contributed by atoms with Gasteiger partial charge in [-0.05, 0) is 6.42 Å². The van der Waals surface area contributed by atoms with Crippen molar-refractivity contribution in [1.29, 1.82) is 0 Å². The summed E-state index contributed by atoms with van der Waals surface area (Å²) in [6, 6.07) is 0. The maximum atomic E-state index is 10.8. The predicted octanol–water partition coefficient (Wildman–Crippen LogP) is 3.10. The second kappa shape index (κ2) is 7.62. The fourth-order valence-corrected chi connectivity index (χ4v) is 0.792. The van der Waals surface area contributed by atoms with Gasteiger partial charge in [-0.15, -0.1) is 0 Å². The number of alkyl halides is 2. The Morgan fingerprint density at radius 1 is 1.38 bits per heavy atom. The Labute approximate surface area is 95.4 Å². The van der Waals surface area contributed by atoms with E-state index in [9.17, 15) is 4.79 Å². The Balaban J connectivity index is 3.46. The summed E-state index contributed by atoms with van der Waals surface area (Å²) in [5.41, 5.74) is 0. The molecule has 0 heterocycles. The van der Waals surface area contributed by atoms with Gasteiger partial charge in [0, 0.05) is 4.83 Å².